The van der Waals surface area contributed by atoms with Crippen LogP contribution in [0.5, 0.6) is 0 Å². The Morgan fingerprint density at radius 1 is 1.00 bits per heavy atom. The van der Waals surface area contributed by atoms with Gasteiger partial charge in [-0.3, -0.25) is 9.59 Å². The van der Waals surface area contributed by atoms with Crippen LogP contribution in [0.3, 0.4) is 0 Å². The van der Waals surface area contributed by atoms with Gasteiger partial charge in [0.25, 0.3) is 0 Å². The number of nitrogens with zero attached hydrogens (tertiary/aromatic N) is 5. The van der Waals surface area contributed by atoms with E-state index in [1.54, 1.807) is 36.4 Å². The van der Waals surface area contributed by atoms with E-state index in [4.69, 9.17) is 0 Å². The topological polar surface area (TPSA) is 133 Å². The summed E-state index contributed by atoms with van der Waals surface area (Å²) in [4.78, 5) is 25.7. The maximum Gasteiger partial charge on any atom is 0.250 e. The summed E-state index contributed by atoms with van der Waals surface area (Å²) in [6.45, 7) is 1.16. The third kappa shape index (κ3) is 1.05. The van der Waals surface area contributed by atoms with Crippen LogP contribution in [0.25, 0.3) is 0 Å². The van der Waals surface area contributed by atoms with Crippen molar-refractivity contribution in [1.82, 2.24) is 0 Å². The number of anilines is 1. The number of amides is 2. The first-order valence-corrected chi connectivity index (χ1v) is 6.55. The Labute approximate surface area is 131 Å². The molecule has 0 bridgehead atoms. The molecule has 1 aromatic rings. The van der Waals surface area contributed by atoms with Crippen LogP contribution in [0.4, 0.5) is 5.69 Å². The van der Waals surface area contributed by atoms with E-state index >= 15 is 0 Å². The van der Waals surface area contributed by atoms with Gasteiger partial charge in [-0.15, -0.1) is 0 Å². The van der Waals surface area contributed by atoms with Gasteiger partial charge in [0.05, 0.1) is 30.0 Å². The molecule has 1 aromatic carbocycles. The lowest BCUT2D eigenvalue weighted by Gasteiger charge is -2.13. The predicted molar refractivity (Wildman–Crippen MR) is 73.6 cm³/mol. The van der Waals surface area contributed by atoms with Crippen molar-refractivity contribution in [2.45, 2.75) is 12.3 Å². The highest BCUT2D eigenvalue weighted by Gasteiger charge is 2.98. The summed E-state index contributed by atoms with van der Waals surface area (Å²) in [5.41, 5.74) is -5.88. The van der Waals surface area contributed by atoms with Crippen molar-refractivity contribution in [3.8, 4) is 24.3 Å². The molecule has 3 rings (SSSR count). The molecular formula is C16H7N5O2. The maximum absolute atomic E-state index is 13.0. The molecule has 0 atom stereocenters. The number of para-hydroxylation sites is 1. The van der Waals surface area contributed by atoms with Crippen molar-refractivity contribution in [2.24, 2.45) is 10.8 Å². The van der Waals surface area contributed by atoms with Crippen LogP contribution in [0.2, 0.25) is 0 Å². The summed E-state index contributed by atoms with van der Waals surface area (Å²) in [5, 5.41) is 38.1. The van der Waals surface area contributed by atoms with Crippen molar-refractivity contribution < 1.29 is 9.59 Å². The van der Waals surface area contributed by atoms with Gasteiger partial charge >= 0.3 is 0 Å². The number of fused-ring (bicyclic) bond motifs is 2. The van der Waals surface area contributed by atoms with Crippen molar-refractivity contribution in [1.29, 1.82) is 21.0 Å². The summed E-state index contributed by atoms with van der Waals surface area (Å²) in [6.07, 6.45) is 0. The SMILES string of the molecule is CC(=O)N1C(=O)C2(c3ccccc31)C(C#N)(C#N)C2(C#N)C#N. The third-order valence-electron chi connectivity index (χ3n) is 4.68. The highest BCUT2D eigenvalue weighted by molar-refractivity contribution is 6.26. The monoisotopic (exact) mass is 301 g/mol. The number of hydrogen-bond acceptors (Lipinski definition) is 6. The van der Waals surface area contributed by atoms with Gasteiger partial charge in [0.1, 0.15) is 5.41 Å². The van der Waals surface area contributed by atoms with E-state index in [9.17, 15) is 30.6 Å². The van der Waals surface area contributed by atoms with Gasteiger partial charge < -0.3 is 0 Å². The second kappa shape index (κ2) is 3.95. The summed E-state index contributed by atoms with van der Waals surface area (Å²) in [6, 6.07) is 12.9. The third-order valence-corrected chi connectivity index (χ3v) is 4.68. The fraction of sp³-hybridized carbons (Fsp3) is 0.250. The predicted octanol–water partition coefficient (Wildman–Crippen LogP) is 0.898. The van der Waals surface area contributed by atoms with Gasteiger partial charge in [-0.2, -0.15) is 21.0 Å². The van der Waals surface area contributed by atoms with Crippen LogP contribution in [0.1, 0.15) is 12.5 Å². The molecule has 1 heterocycles. The van der Waals surface area contributed by atoms with Gasteiger partial charge in [0, 0.05) is 6.92 Å². The van der Waals surface area contributed by atoms with E-state index in [1.165, 1.54) is 12.1 Å². The standard InChI is InChI=1S/C16H7N5O2/c1-10(22)21-12-5-3-2-4-11(12)16(13(21)23)14(6-17,7-18)15(16,8-19)9-20/h2-5H,1H3. The molecule has 7 heteroatoms. The van der Waals surface area contributed by atoms with Gasteiger partial charge in [-0.25, -0.2) is 4.90 Å². The van der Waals surface area contributed by atoms with Crippen LogP contribution in [0.15, 0.2) is 24.3 Å². The minimum atomic E-state index is -2.15. The molecule has 1 spiro atoms. The van der Waals surface area contributed by atoms with Gasteiger partial charge in [-0.05, 0) is 11.6 Å². The molecule has 23 heavy (non-hydrogen) atoms. The largest absolute Gasteiger partial charge is 0.274 e. The number of carbonyl (C=O) groups is 2. The van der Waals surface area contributed by atoms with Crippen LogP contribution >= 0.6 is 0 Å². The average molecular weight is 301 g/mol. The van der Waals surface area contributed by atoms with Gasteiger partial charge in [-0.1, -0.05) is 18.2 Å². The van der Waals surface area contributed by atoms with E-state index < -0.39 is 28.1 Å². The fourth-order valence-corrected chi connectivity index (χ4v) is 3.70. The molecule has 1 aliphatic heterocycles. The summed E-state index contributed by atoms with van der Waals surface area (Å²) < 4.78 is 0. The highest BCUT2D eigenvalue weighted by atomic mass is 16.2. The smallest absolute Gasteiger partial charge is 0.250 e. The average Bonchev–Trinajstić information content (AvgIpc) is 3.00. The molecule has 7 nitrogen and oxygen atoms in total. The first kappa shape index (κ1) is 14.3. The number of nitriles is 4. The van der Waals surface area contributed by atoms with E-state index in [-0.39, 0.29) is 11.3 Å². The molecular weight excluding hydrogens is 294 g/mol. The Balaban J connectivity index is 2.48. The number of hydrogen-bond donors (Lipinski definition) is 0. The molecule has 1 aliphatic carbocycles. The fourth-order valence-electron chi connectivity index (χ4n) is 3.70. The van der Waals surface area contributed by atoms with Crippen molar-refractivity contribution >= 4 is 17.5 Å². The number of benzene rings is 1. The zero-order chi connectivity index (χ0) is 17.0. The molecule has 0 aromatic heterocycles. The summed E-state index contributed by atoms with van der Waals surface area (Å²) in [7, 11) is 0. The number of rotatable bonds is 0. The van der Waals surface area contributed by atoms with E-state index in [0.29, 0.717) is 0 Å². The summed E-state index contributed by atoms with van der Waals surface area (Å²) >= 11 is 0. The molecule has 0 N–H and O–H groups in total. The van der Waals surface area contributed by atoms with Crippen LogP contribution < -0.4 is 4.90 Å². The number of carbonyl (C=O) groups excluding carboxylic acids is 2. The minimum absolute atomic E-state index is 0.186. The minimum Gasteiger partial charge on any atom is -0.274 e. The van der Waals surface area contributed by atoms with E-state index in [1.807, 2.05) is 0 Å². The zero-order valence-electron chi connectivity index (χ0n) is 11.9. The molecule has 108 valence electrons. The normalized spacial score (nSPS) is 20.6. The zero-order valence-corrected chi connectivity index (χ0v) is 11.9. The Bertz CT molecular complexity index is 884. The first-order chi connectivity index (χ1) is 11.0. The van der Waals surface area contributed by atoms with Gasteiger partial charge in [0.2, 0.25) is 11.8 Å². The lowest BCUT2D eigenvalue weighted by molar-refractivity contribution is -0.126. The maximum atomic E-state index is 13.0. The van der Waals surface area contributed by atoms with E-state index in [0.717, 1.165) is 11.8 Å². The summed E-state index contributed by atoms with van der Waals surface area (Å²) in [5.74, 6) is -1.49. The second-order valence-electron chi connectivity index (χ2n) is 5.37. The van der Waals surface area contributed by atoms with E-state index in [2.05, 4.69) is 0 Å². The lowest BCUT2D eigenvalue weighted by atomic mass is 9.87. The Hall–Kier alpha value is -3.68. The Kier molecular flexibility index (Phi) is 2.45. The van der Waals surface area contributed by atoms with Crippen LogP contribution in [0, 0.1) is 56.2 Å². The van der Waals surface area contributed by atoms with Gasteiger partial charge in [0.15, 0.2) is 10.8 Å². The first-order valence-electron chi connectivity index (χ1n) is 6.55. The molecule has 1 fully saturated rings. The quantitative estimate of drug-likeness (QED) is 0.699. The molecule has 2 aliphatic rings. The Morgan fingerprint density at radius 3 is 1.91 bits per heavy atom. The molecule has 0 saturated heterocycles. The van der Waals surface area contributed by atoms with Crippen molar-refractivity contribution in [2.75, 3.05) is 4.90 Å². The van der Waals surface area contributed by atoms with Crippen molar-refractivity contribution in [3.05, 3.63) is 29.8 Å². The number of imide groups is 1. The molecule has 0 radical (unpaired) electrons. The van der Waals surface area contributed by atoms with Crippen molar-refractivity contribution in [3.63, 3.8) is 0 Å². The van der Waals surface area contributed by atoms with Crippen LogP contribution in [-0.2, 0) is 15.0 Å². The molecule has 1 saturated carbocycles. The highest BCUT2D eigenvalue weighted by Crippen LogP contribution is 2.80. The Morgan fingerprint density at radius 2 is 1.48 bits per heavy atom. The second-order valence-corrected chi connectivity index (χ2v) is 5.37. The molecule has 2 amide bonds. The molecule has 0 unspecified atom stereocenters. The lowest BCUT2D eigenvalue weighted by Crippen LogP contribution is -2.39. The van der Waals surface area contributed by atoms with Crippen LogP contribution in [-0.4, -0.2) is 11.8 Å².